The Bertz CT molecular complexity index is 1410. The molecule has 4 heteroatoms. The first kappa shape index (κ1) is 22.0. The zero-order valence-corrected chi connectivity index (χ0v) is 20.0. The van der Waals surface area contributed by atoms with E-state index in [9.17, 15) is 0 Å². The van der Waals surface area contributed by atoms with Crippen molar-refractivity contribution in [1.82, 2.24) is 9.55 Å². The van der Waals surface area contributed by atoms with Gasteiger partial charge in [0.1, 0.15) is 30.5 Å². The summed E-state index contributed by atoms with van der Waals surface area (Å²) in [6.45, 7) is 8.29. The molecule has 4 nitrogen and oxygen atoms in total. The summed E-state index contributed by atoms with van der Waals surface area (Å²) >= 11 is 0. The molecule has 0 amide bonds. The molecule has 0 fully saturated rings. The van der Waals surface area contributed by atoms with Crippen molar-refractivity contribution in [2.75, 3.05) is 6.61 Å². The minimum atomic E-state index is 0.133. The average molecular weight is 451 g/mol. The maximum atomic E-state index is 6.16. The molecule has 0 bridgehead atoms. The molecule has 0 radical (unpaired) electrons. The second-order valence-electron chi connectivity index (χ2n) is 9.59. The first-order valence-corrected chi connectivity index (χ1v) is 11.8. The van der Waals surface area contributed by atoms with Crippen molar-refractivity contribution in [3.8, 4) is 11.5 Å². The van der Waals surface area contributed by atoms with Crippen LogP contribution in [0.25, 0.3) is 21.8 Å². The Morgan fingerprint density at radius 1 is 0.735 bits per heavy atom. The summed E-state index contributed by atoms with van der Waals surface area (Å²) in [5.41, 5.74) is 3.49. The number of benzene rings is 4. The molecule has 1 heterocycles. The number of ether oxygens (including phenoxy) is 2. The minimum Gasteiger partial charge on any atom is -0.492 e. The molecule has 0 N–H and O–H groups in total. The Kier molecular flexibility index (Phi) is 5.97. The van der Waals surface area contributed by atoms with E-state index in [1.165, 1.54) is 16.3 Å². The molecule has 5 rings (SSSR count). The van der Waals surface area contributed by atoms with Crippen molar-refractivity contribution >= 4 is 21.8 Å². The van der Waals surface area contributed by atoms with Crippen LogP contribution in [0.3, 0.4) is 0 Å². The third-order valence-corrected chi connectivity index (χ3v) is 6.13. The summed E-state index contributed by atoms with van der Waals surface area (Å²) in [5, 5.41) is 2.37. The number of rotatable bonds is 7. The molecular weight excluding hydrogens is 420 g/mol. The highest BCUT2D eigenvalue weighted by Gasteiger charge is 2.14. The standard InChI is InChI=1S/C30H30N2O2/c1-30(2,3)24-13-16-25(17-14-24)33-19-18-32-28-11-7-6-10-27(28)31-29(32)21-34-26-15-12-22-8-4-5-9-23(22)20-26/h4-17,20H,18-19,21H2,1-3H3. The van der Waals surface area contributed by atoms with Crippen molar-refractivity contribution in [3.05, 3.63) is 102 Å². The fraction of sp³-hybridized carbons (Fsp3) is 0.233. The quantitative estimate of drug-likeness (QED) is 0.264. The minimum absolute atomic E-state index is 0.133. The van der Waals surface area contributed by atoms with Crippen molar-refractivity contribution in [1.29, 1.82) is 0 Å². The van der Waals surface area contributed by atoms with Gasteiger partial charge in [-0.25, -0.2) is 4.98 Å². The molecule has 172 valence electrons. The van der Waals surface area contributed by atoms with E-state index in [2.05, 4.69) is 79.9 Å². The van der Waals surface area contributed by atoms with E-state index in [0.29, 0.717) is 19.8 Å². The fourth-order valence-electron chi connectivity index (χ4n) is 4.20. The molecule has 0 aliphatic rings. The Hall–Kier alpha value is -3.79. The van der Waals surface area contributed by atoms with Gasteiger partial charge in [-0.3, -0.25) is 0 Å². The highest BCUT2D eigenvalue weighted by molar-refractivity contribution is 5.83. The van der Waals surface area contributed by atoms with Crippen molar-refractivity contribution in [2.45, 2.75) is 39.3 Å². The number of nitrogens with zero attached hydrogens (tertiary/aromatic N) is 2. The molecule has 5 aromatic rings. The number of para-hydroxylation sites is 2. The Morgan fingerprint density at radius 3 is 2.24 bits per heavy atom. The van der Waals surface area contributed by atoms with E-state index in [1.54, 1.807) is 0 Å². The highest BCUT2D eigenvalue weighted by Crippen LogP contribution is 2.25. The molecule has 0 saturated heterocycles. The monoisotopic (exact) mass is 450 g/mol. The Labute approximate surface area is 200 Å². The number of aromatic nitrogens is 2. The van der Waals surface area contributed by atoms with Crippen LogP contribution in [0.1, 0.15) is 32.2 Å². The number of fused-ring (bicyclic) bond motifs is 2. The van der Waals surface area contributed by atoms with Crippen molar-refractivity contribution in [2.24, 2.45) is 0 Å². The third kappa shape index (κ3) is 4.76. The Morgan fingerprint density at radius 2 is 1.44 bits per heavy atom. The van der Waals surface area contributed by atoms with Crippen LogP contribution in [0.5, 0.6) is 11.5 Å². The highest BCUT2D eigenvalue weighted by atomic mass is 16.5. The summed E-state index contributed by atoms with van der Waals surface area (Å²) in [4.78, 5) is 4.84. The summed E-state index contributed by atoms with van der Waals surface area (Å²) in [5.74, 6) is 2.61. The molecule has 0 atom stereocenters. The normalized spacial score (nSPS) is 11.7. The van der Waals surface area contributed by atoms with Crippen LogP contribution in [0.15, 0.2) is 91.0 Å². The van der Waals surface area contributed by atoms with Crippen LogP contribution >= 0.6 is 0 Å². The second kappa shape index (κ2) is 9.22. The topological polar surface area (TPSA) is 36.3 Å². The molecule has 0 saturated carbocycles. The van der Waals surface area contributed by atoms with Gasteiger partial charge in [0, 0.05) is 0 Å². The van der Waals surface area contributed by atoms with E-state index >= 15 is 0 Å². The predicted octanol–water partition coefficient (Wildman–Crippen LogP) is 7.15. The maximum Gasteiger partial charge on any atom is 0.148 e. The van der Waals surface area contributed by atoms with E-state index in [1.807, 2.05) is 36.4 Å². The summed E-state index contributed by atoms with van der Waals surface area (Å²) in [6.07, 6.45) is 0. The van der Waals surface area contributed by atoms with E-state index < -0.39 is 0 Å². The van der Waals surface area contributed by atoms with Crippen molar-refractivity contribution in [3.63, 3.8) is 0 Å². The molecule has 0 spiro atoms. The summed E-state index contributed by atoms with van der Waals surface area (Å²) < 4.78 is 14.4. The Balaban J connectivity index is 1.30. The van der Waals surface area contributed by atoms with Gasteiger partial charge in [-0.1, -0.05) is 75.4 Å². The van der Waals surface area contributed by atoms with Crippen LogP contribution in [0.4, 0.5) is 0 Å². The smallest absolute Gasteiger partial charge is 0.148 e. The lowest BCUT2D eigenvalue weighted by Gasteiger charge is -2.19. The lowest BCUT2D eigenvalue weighted by Crippen LogP contribution is -2.13. The van der Waals surface area contributed by atoms with Gasteiger partial charge >= 0.3 is 0 Å². The molecule has 0 aliphatic carbocycles. The maximum absolute atomic E-state index is 6.16. The SMILES string of the molecule is CC(C)(C)c1ccc(OCCn2c(COc3ccc4ccccc4c3)nc3ccccc32)cc1. The number of imidazole rings is 1. The first-order valence-electron chi connectivity index (χ1n) is 11.8. The molecule has 0 aliphatic heterocycles. The lowest BCUT2D eigenvalue weighted by atomic mass is 9.87. The van der Waals surface area contributed by atoms with Gasteiger partial charge in [-0.2, -0.15) is 0 Å². The lowest BCUT2D eigenvalue weighted by molar-refractivity contribution is 0.272. The van der Waals surface area contributed by atoms with E-state index in [0.717, 1.165) is 28.4 Å². The number of hydrogen-bond donors (Lipinski definition) is 0. The van der Waals surface area contributed by atoms with Crippen LogP contribution in [-0.2, 0) is 18.6 Å². The van der Waals surface area contributed by atoms with Crippen LogP contribution < -0.4 is 9.47 Å². The fourth-order valence-corrected chi connectivity index (χ4v) is 4.20. The first-order chi connectivity index (χ1) is 16.5. The van der Waals surface area contributed by atoms with Gasteiger partial charge in [0.2, 0.25) is 0 Å². The van der Waals surface area contributed by atoms with Gasteiger partial charge < -0.3 is 14.0 Å². The second-order valence-corrected chi connectivity index (χ2v) is 9.59. The summed E-state index contributed by atoms with van der Waals surface area (Å²) in [7, 11) is 0. The van der Waals surface area contributed by atoms with Crippen LogP contribution in [-0.4, -0.2) is 16.2 Å². The largest absolute Gasteiger partial charge is 0.492 e. The average Bonchev–Trinajstić information content (AvgIpc) is 3.20. The van der Waals surface area contributed by atoms with Crippen molar-refractivity contribution < 1.29 is 9.47 Å². The zero-order chi connectivity index (χ0) is 23.5. The van der Waals surface area contributed by atoms with Gasteiger partial charge in [0.05, 0.1) is 17.6 Å². The van der Waals surface area contributed by atoms with Gasteiger partial charge in [0.15, 0.2) is 0 Å². The van der Waals surface area contributed by atoms with Gasteiger partial charge in [-0.05, 0) is 58.1 Å². The van der Waals surface area contributed by atoms with Gasteiger partial charge in [0.25, 0.3) is 0 Å². The van der Waals surface area contributed by atoms with E-state index in [4.69, 9.17) is 14.5 Å². The zero-order valence-electron chi connectivity index (χ0n) is 20.0. The number of hydrogen-bond acceptors (Lipinski definition) is 3. The van der Waals surface area contributed by atoms with Gasteiger partial charge in [-0.15, -0.1) is 0 Å². The molecule has 0 unspecified atom stereocenters. The van der Waals surface area contributed by atoms with E-state index in [-0.39, 0.29) is 5.41 Å². The molecule has 4 aromatic carbocycles. The predicted molar refractivity (Wildman–Crippen MR) is 139 cm³/mol. The molecule has 34 heavy (non-hydrogen) atoms. The molecule has 1 aromatic heterocycles. The van der Waals surface area contributed by atoms with Crippen LogP contribution in [0.2, 0.25) is 0 Å². The van der Waals surface area contributed by atoms with Crippen LogP contribution in [0, 0.1) is 0 Å². The third-order valence-electron chi connectivity index (χ3n) is 6.13. The summed E-state index contributed by atoms with van der Waals surface area (Å²) in [6, 6.07) is 31.1. The molecular formula is C30H30N2O2.